The first-order valence-electron chi connectivity index (χ1n) is 13.9. The van der Waals surface area contributed by atoms with Crippen molar-refractivity contribution in [1.29, 1.82) is 0 Å². The quantitative estimate of drug-likeness (QED) is 0.312. The van der Waals surface area contributed by atoms with Crippen LogP contribution in [0.3, 0.4) is 0 Å². The summed E-state index contributed by atoms with van der Waals surface area (Å²) in [5.41, 5.74) is 1.08. The number of esters is 1. The van der Waals surface area contributed by atoms with Gasteiger partial charge in [0, 0.05) is 17.0 Å². The highest BCUT2D eigenvalue weighted by molar-refractivity contribution is 6.73. The second kappa shape index (κ2) is 11.4. The highest BCUT2D eigenvalue weighted by atomic mass is 28.4. The minimum absolute atomic E-state index is 0.113. The lowest BCUT2D eigenvalue weighted by Crippen LogP contribution is -2.68. The molecular weight excluding hydrogens is 488 g/mol. The van der Waals surface area contributed by atoms with Crippen LogP contribution in [0.5, 0.6) is 0 Å². The molecule has 2 heterocycles. The number of ether oxygens (including phenoxy) is 4. The summed E-state index contributed by atoms with van der Waals surface area (Å²) in [6.45, 7) is 15.0. The molecule has 0 unspecified atom stereocenters. The lowest BCUT2D eigenvalue weighted by molar-refractivity contribution is -0.215. The Morgan fingerprint density at radius 3 is 2.19 bits per heavy atom. The molecule has 2 aliphatic heterocycles. The van der Waals surface area contributed by atoms with Gasteiger partial charge in [0.25, 0.3) is 0 Å². The molecule has 37 heavy (non-hydrogen) atoms. The van der Waals surface area contributed by atoms with E-state index in [4.69, 9.17) is 27.8 Å². The van der Waals surface area contributed by atoms with Crippen molar-refractivity contribution in [3.8, 4) is 0 Å². The number of carbonyl (C=O) groups excluding carboxylic acids is 1. The fourth-order valence-electron chi connectivity index (χ4n) is 6.19. The minimum atomic E-state index is -2.95. The second-order valence-corrected chi connectivity index (χ2v) is 17.5. The van der Waals surface area contributed by atoms with Crippen molar-refractivity contribution in [3.63, 3.8) is 0 Å². The van der Waals surface area contributed by atoms with Gasteiger partial charge >= 0.3 is 14.5 Å². The molecule has 8 heteroatoms. The van der Waals surface area contributed by atoms with Gasteiger partial charge in [0.05, 0.1) is 12.7 Å². The molecule has 208 valence electrons. The van der Waals surface area contributed by atoms with Crippen molar-refractivity contribution < 1.29 is 32.6 Å². The summed E-state index contributed by atoms with van der Waals surface area (Å²) in [5, 5.41) is -0.506. The van der Waals surface area contributed by atoms with Crippen LogP contribution in [-0.4, -0.2) is 57.9 Å². The fourth-order valence-corrected chi connectivity index (χ4v) is 11.2. The van der Waals surface area contributed by atoms with Gasteiger partial charge in [-0.1, -0.05) is 91.1 Å². The van der Waals surface area contributed by atoms with E-state index < -0.39 is 39.3 Å². The molecule has 4 rings (SSSR count). The standard InChI is InChI=1S/C29H46O7Si/c1-20(30)31-19-23-24-25(36-37(35-23,28(2,3)4)29(5,6)7)26(32-18-21-14-10-8-11-15-21)27(34-24)33-22-16-12-9-13-17-22/h8,10-11,14-15,22-27H,9,12-13,16-19H2,1-7H3/t23-,24+,25+,26-,27-/m1/s1. The fraction of sp³-hybridized carbons (Fsp3) is 0.759. The molecule has 1 saturated carbocycles. The van der Waals surface area contributed by atoms with Gasteiger partial charge in [-0.3, -0.25) is 4.79 Å². The topological polar surface area (TPSA) is 72.5 Å². The molecule has 0 radical (unpaired) electrons. The molecule has 1 aliphatic carbocycles. The number of hydrogen-bond acceptors (Lipinski definition) is 7. The molecule has 7 nitrogen and oxygen atoms in total. The van der Waals surface area contributed by atoms with E-state index in [1.54, 1.807) is 0 Å². The van der Waals surface area contributed by atoms with Crippen LogP contribution in [0.1, 0.15) is 86.1 Å². The molecule has 3 fully saturated rings. The first-order valence-corrected chi connectivity index (χ1v) is 15.7. The zero-order valence-corrected chi connectivity index (χ0v) is 24.7. The van der Waals surface area contributed by atoms with E-state index in [2.05, 4.69) is 53.7 Å². The van der Waals surface area contributed by atoms with E-state index >= 15 is 0 Å². The summed E-state index contributed by atoms with van der Waals surface area (Å²) in [5.74, 6) is -0.338. The van der Waals surface area contributed by atoms with Gasteiger partial charge in [0.1, 0.15) is 31.0 Å². The van der Waals surface area contributed by atoms with E-state index in [9.17, 15) is 4.79 Å². The smallest absolute Gasteiger partial charge is 0.350 e. The maximum absolute atomic E-state index is 11.8. The van der Waals surface area contributed by atoms with Gasteiger partial charge in [-0.05, 0) is 18.4 Å². The Balaban J connectivity index is 1.67. The van der Waals surface area contributed by atoms with E-state index in [1.165, 1.54) is 26.2 Å². The van der Waals surface area contributed by atoms with Crippen LogP contribution < -0.4 is 0 Å². The van der Waals surface area contributed by atoms with Crippen molar-refractivity contribution >= 4 is 14.5 Å². The molecule has 0 bridgehead atoms. The summed E-state index contributed by atoms with van der Waals surface area (Å²) < 4.78 is 39.3. The number of benzene rings is 1. The molecule has 1 aromatic rings. The van der Waals surface area contributed by atoms with Crippen LogP contribution in [0.2, 0.25) is 10.1 Å². The molecular formula is C29H46O7Si. The summed E-state index contributed by atoms with van der Waals surface area (Å²) in [7, 11) is -2.95. The van der Waals surface area contributed by atoms with Gasteiger partial charge in [0.15, 0.2) is 6.29 Å². The predicted molar refractivity (Wildman–Crippen MR) is 143 cm³/mol. The Kier molecular flexibility index (Phi) is 8.88. The number of hydrogen-bond donors (Lipinski definition) is 0. The maximum atomic E-state index is 11.8. The molecule has 0 spiro atoms. The van der Waals surface area contributed by atoms with Crippen molar-refractivity contribution in [2.45, 2.75) is 134 Å². The van der Waals surface area contributed by atoms with Gasteiger partial charge in [-0.2, -0.15) is 0 Å². The highest BCUT2D eigenvalue weighted by Crippen LogP contribution is 2.57. The van der Waals surface area contributed by atoms with Gasteiger partial charge in [-0.15, -0.1) is 0 Å². The second-order valence-electron chi connectivity index (χ2n) is 12.8. The zero-order chi connectivity index (χ0) is 26.8. The first-order chi connectivity index (χ1) is 17.4. The first kappa shape index (κ1) is 28.7. The van der Waals surface area contributed by atoms with Crippen LogP contribution in [0.15, 0.2) is 30.3 Å². The van der Waals surface area contributed by atoms with Crippen LogP contribution in [0.4, 0.5) is 0 Å². The van der Waals surface area contributed by atoms with Gasteiger partial charge in [-0.25, -0.2) is 0 Å². The summed E-state index contributed by atoms with van der Waals surface area (Å²) in [4.78, 5) is 11.8. The third-order valence-corrected chi connectivity index (χ3v) is 13.0. The lowest BCUT2D eigenvalue weighted by atomic mass is 9.97. The van der Waals surface area contributed by atoms with Gasteiger partial charge in [0.2, 0.25) is 0 Å². The monoisotopic (exact) mass is 534 g/mol. The Bertz CT molecular complexity index is 874. The summed E-state index contributed by atoms with van der Waals surface area (Å²) >= 11 is 0. The van der Waals surface area contributed by atoms with Crippen molar-refractivity contribution in [1.82, 2.24) is 0 Å². The molecule has 2 saturated heterocycles. The number of carbonyl (C=O) groups is 1. The predicted octanol–water partition coefficient (Wildman–Crippen LogP) is 6.04. The van der Waals surface area contributed by atoms with E-state index in [1.807, 2.05) is 18.2 Å². The summed E-state index contributed by atoms with van der Waals surface area (Å²) in [6.07, 6.45) is 3.46. The Labute approximate surface area is 223 Å². The average molecular weight is 535 g/mol. The molecule has 0 N–H and O–H groups in total. The SMILES string of the molecule is CC(=O)OC[C@H]1O[Si](C(C)(C)C)(C(C)(C)C)O[C@H]2[C@H]1O[C@@H](OC1CCCCC1)[C@@H]2OCc1ccccc1. The van der Waals surface area contributed by atoms with E-state index in [0.717, 1.165) is 18.4 Å². The van der Waals surface area contributed by atoms with Crippen molar-refractivity contribution in [3.05, 3.63) is 35.9 Å². The zero-order valence-electron chi connectivity index (χ0n) is 23.7. The minimum Gasteiger partial charge on any atom is -0.463 e. The molecule has 0 aromatic heterocycles. The Morgan fingerprint density at radius 1 is 0.946 bits per heavy atom. The highest BCUT2D eigenvalue weighted by Gasteiger charge is 2.68. The normalized spacial score (nSPS) is 30.6. The van der Waals surface area contributed by atoms with Crippen molar-refractivity contribution in [2.24, 2.45) is 0 Å². The summed E-state index contributed by atoms with van der Waals surface area (Å²) in [6, 6.07) is 10.1. The number of fused-ring (bicyclic) bond motifs is 1. The van der Waals surface area contributed by atoms with E-state index in [0.29, 0.717) is 6.61 Å². The van der Waals surface area contributed by atoms with E-state index in [-0.39, 0.29) is 28.8 Å². The Morgan fingerprint density at radius 2 is 1.59 bits per heavy atom. The lowest BCUT2D eigenvalue weighted by Gasteiger charge is -2.55. The van der Waals surface area contributed by atoms with Crippen LogP contribution in [0, 0.1) is 0 Å². The third-order valence-electron chi connectivity index (χ3n) is 7.78. The maximum Gasteiger partial charge on any atom is 0.350 e. The molecule has 1 aromatic carbocycles. The largest absolute Gasteiger partial charge is 0.463 e. The van der Waals surface area contributed by atoms with Gasteiger partial charge < -0.3 is 27.8 Å². The molecule has 5 atom stereocenters. The average Bonchev–Trinajstić information content (AvgIpc) is 3.17. The van der Waals surface area contributed by atoms with Crippen LogP contribution in [0.25, 0.3) is 0 Å². The third kappa shape index (κ3) is 6.31. The molecule has 0 amide bonds. The van der Waals surface area contributed by atoms with Crippen LogP contribution >= 0.6 is 0 Å². The molecule has 3 aliphatic rings. The Hall–Kier alpha value is -1.29. The van der Waals surface area contributed by atoms with Crippen molar-refractivity contribution in [2.75, 3.05) is 6.61 Å². The van der Waals surface area contributed by atoms with Crippen LogP contribution in [-0.2, 0) is 39.2 Å². The number of rotatable bonds is 7.